The van der Waals surface area contributed by atoms with E-state index in [4.69, 9.17) is 4.74 Å². The fourth-order valence-electron chi connectivity index (χ4n) is 1.22. The van der Waals surface area contributed by atoms with Gasteiger partial charge in [0.25, 0.3) is 5.91 Å². The van der Waals surface area contributed by atoms with Crippen LogP contribution in [0, 0.1) is 6.92 Å². The van der Waals surface area contributed by atoms with E-state index in [1.807, 2.05) is 13.0 Å². The SMILES string of the molecule is COCC(O)NC(=O)c1cccc(C)c1. The number of benzene rings is 1. The Kier molecular flexibility index (Phi) is 4.27. The van der Waals surface area contributed by atoms with Gasteiger partial charge in [-0.3, -0.25) is 4.79 Å². The van der Waals surface area contributed by atoms with Gasteiger partial charge in [0, 0.05) is 12.7 Å². The molecule has 0 radical (unpaired) electrons. The molecule has 82 valence electrons. The molecule has 0 aliphatic heterocycles. The maximum absolute atomic E-state index is 11.6. The third-order valence-corrected chi connectivity index (χ3v) is 1.90. The molecule has 1 aromatic rings. The highest BCUT2D eigenvalue weighted by atomic mass is 16.5. The molecule has 2 N–H and O–H groups in total. The highest BCUT2D eigenvalue weighted by molar-refractivity contribution is 5.94. The molecule has 1 rings (SSSR count). The molecule has 0 heterocycles. The first-order valence-electron chi connectivity index (χ1n) is 4.68. The fraction of sp³-hybridized carbons (Fsp3) is 0.364. The fourth-order valence-corrected chi connectivity index (χ4v) is 1.22. The summed E-state index contributed by atoms with van der Waals surface area (Å²) in [6, 6.07) is 7.16. The van der Waals surface area contributed by atoms with Crippen molar-refractivity contribution in [3.8, 4) is 0 Å². The number of carbonyl (C=O) groups is 1. The summed E-state index contributed by atoms with van der Waals surface area (Å²) in [6.45, 7) is 1.99. The Bertz CT molecular complexity index is 338. The second-order valence-electron chi connectivity index (χ2n) is 3.31. The van der Waals surface area contributed by atoms with Gasteiger partial charge in [-0.25, -0.2) is 0 Å². The number of rotatable bonds is 4. The number of carbonyl (C=O) groups excluding carboxylic acids is 1. The van der Waals surface area contributed by atoms with E-state index in [0.717, 1.165) is 5.56 Å². The van der Waals surface area contributed by atoms with Crippen LogP contribution in [-0.2, 0) is 4.74 Å². The van der Waals surface area contributed by atoms with Gasteiger partial charge >= 0.3 is 0 Å². The van der Waals surface area contributed by atoms with Gasteiger partial charge in [0.2, 0.25) is 0 Å². The minimum atomic E-state index is -0.969. The number of hydrogen-bond donors (Lipinski definition) is 2. The lowest BCUT2D eigenvalue weighted by Gasteiger charge is -2.11. The van der Waals surface area contributed by atoms with E-state index in [1.54, 1.807) is 18.2 Å². The lowest BCUT2D eigenvalue weighted by Crippen LogP contribution is -2.37. The van der Waals surface area contributed by atoms with E-state index in [1.165, 1.54) is 7.11 Å². The first-order chi connectivity index (χ1) is 7.13. The minimum absolute atomic E-state index is 0.0809. The van der Waals surface area contributed by atoms with Crippen LogP contribution in [-0.4, -0.2) is 31.0 Å². The monoisotopic (exact) mass is 209 g/mol. The van der Waals surface area contributed by atoms with Gasteiger partial charge in [0.1, 0.15) is 6.23 Å². The van der Waals surface area contributed by atoms with Crippen LogP contribution in [0.4, 0.5) is 0 Å². The summed E-state index contributed by atoms with van der Waals surface area (Å²) < 4.78 is 4.70. The summed E-state index contributed by atoms with van der Waals surface area (Å²) in [4.78, 5) is 11.6. The number of aryl methyl sites for hydroxylation is 1. The number of amides is 1. The number of nitrogens with one attached hydrogen (secondary N) is 1. The maximum atomic E-state index is 11.6. The maximum Gasteiger partial charge on any atom is 0.253 e. The Labute approximate surface area is 88.9 Å². The van der Waals surface area contributed by atoms with Crippen LogP contribution in [0.5, 0.6) is 0 Å². The molecule has 1 unspecified atom stereocenters. The molecule has 0 fully saturated rings. The average Bonchev–Trinajstić information content (AvgIpc) is 2.18. The molecule has 0 aliphatic rings. The Hall–Kier alpha value is -1.39. The first kappa shape index (κ1) is 11.7. The lowest BCUT2D eigenvalue weighted by atomic mass is 10.1. The predicted molar refractivity (Wildman–Crippen MR) is 56.5 cm³/mol. The van der Waals surface area contributed by atoms with E-state index in [-0.39, 0.29) is 12.5 Å². The van der Waals surface area contributed by atoms with Crippen molar-refractivity contribution in [2.75, 3.05) is 13.7 Å². The molecule has 0 saturated heterocycles. The van der Waals surface area contributed by atoms with E-state index >= 15 is 0 Å². The Morgan fingerprint density at radius 1 is 1.60 bits per heavy atom. The molecule has 0 aromatic heterocycles. The van der Waals surface area contributed by atoms with Crippen LogP contribution in [0.1, 0.15) is 15.9 Å². The van der Waals surface area contributed by atoms with Gasteiger partial charge in [-0.15, -0.1) is 0 Å². The smallest absolute Gasteiger partial charge is 0.253 e. The summed E-state index contributed by atoms with van der Waals surface area (Å²) in [6.07, 6.45) is -0.969. The normalized spacial score (nSPS) is 12.2. The van der Waals surface area contributed by atoms with Crippen LogP contribution >= 0.6 is 0 Å². The van der Waals surface area contributed by atoms with Crippen molar-refractivity contribution in [2.24, 2.45) is 0 Å². The predicted octanol–water partition coefficient (Wildman–Crippen LogP) is 0.690. The first-order valence-corrected chi connectivity index (χ1v) is 4.68. The van der Waals surface area contributed by atoms with Crippen LogP contribution in [0.15, 0.2) is 24.3 Å². The van der Waals surface area contributed by atoms with Gasteiger partial charge in [0.05, 0.1) is 6.61 Å². The average molecular weight is 209 g/mol. The number of aliphatic hydroxyl groups excluding tert-OH is 1. The molecule has 1 aromatic carbocycles. The van der Waals surface area contributed by atoms with Crippen molar-refractivity contribution in [1.29, 1.82) is 0 Å². The van der Waals surface area contributed by atoms with Crippen molar-refractivity contribution in [1.82, 2.24) is 5.32 Å². The molecule has 4 nitrogen and oxygen atoms in total. The van der Waals surface area contributed by atoms with E-state index in [0.29, 0.717) is 5.56 Å². The molecule has 1 amide bonds. The zero-order chi connectivity index (χ0) is 11.3. The molecule has 1 atom stereocenters. The summed E-state index contributed by atoms with van der Waals surface area (Å²) in [5.74, 6) is -0.303. The zero-order valence-corrected chi connectivity index (χ0v) is 8.86. The van der Waals surface area contributed by atoms with E-state index < -0.39 is 6.23 Å². The summed E-state index contributed by atoms with van der Waals surface area (Å²) in [5.41, 5.74) is 1.54. The molecule has 0 aliphatic carbocycles. The second-order valence-corrected chi connectivity index (χ2v) is 3.31. The molecule has 4 heteroatoms. The number of ether oxygens (including phenoxy) is 1. The molecule has 0 spiro atoms. The quantitative estimate of drug-likeness (QED) is 0.717. The summed E-state index contributed by atoms with van der Waals surface area (Å²) >= 11 is 0. The van der Waals surface area contributed by atoms with Crippen LogP contribution in [0.25, 0.3) is 0 Å². The number of hydrogen-bond acceptors (Lipinski definition) is 3. The van der Waals surface area contributed by atoms with Crippen molar-refractivity contribution in [3.05, 3.63) is 35.4 Å². The van der Waals surface area contributed by atoms with Gasteiger partial charge in [0.15, 0.2) is 0 Å². The zero-order valence-electron chi connectivity index (χ0n) is 8.86. The largest absolute Gasteiger partial charge is 0.380 e. The third-order valence-electron chi connectivity index (χ3n) is 1.90. The Morgan fingerprint density at radius 2 is 2.33 bits per heavy atom. The van der Waals surface area contributed by atoms with Crippen molar-refractivity contribution in [3.63, 3.8) is 0 Å². The van der Waals surface area contributed by atoms with Crippen molar-refractivity contribution in [2.45, 2.75) is 13.2 Å². The topological polar surface area (TPSA) is 58.6 Å². The highest BCUT2D eigenvalue weighted by Crippen LogP contribution is 2.03. The summed E-state index contributed by atoms with van der Waals surface area (Å²) in [7, 11) is 1.46. The highest BCUT2D eigenvalue weighted by Gasteiger charge is 2.10. The van der Waals surface area contributed by atoms with E-state index in [2.05, 4.69) is 5.32 Å². The number of aliphatic hydroxyl groups is 1. The molecule has 0 saturated carbocycles. The van der Waals surface area contributed by atoms with Gasteiger partial charge < -0.3 is 15.2 Å². The lowest BCUT2D eigenvalue weighted by molar-refractivity contribution is 0.0382. The van der Waals surface area contributed by atoms with Gasteiger partial charge in [-0.1, -0.05) is 17.7 Å². The third kappa shape index (κ3) is 3.69. The van der Waals surface area contributed by atoms with Crippen LogP contribution < -0.4 is 5.32 Å². The van der Waals surface area contributed by atoms with Gasteiger partial charge in [-0.2, -0.15) is 0 Å². The molecule has 15 heavy (non-hydrogen) atoms. The molecular formula is C11H15NO3. The number of methoxy groups -OCH3 is 1. The second kappa shape index (κ2) is 5.48. The molecule has 0 bridgehead atoms. The van der Waals surface area contributed by atoms with Crippen molar-refractivity contribution < 1.29 is 14.6 Å². The summed E-state index contributed by atoms with van der Waals surface area (Å²) in [5, 5.41) is 11.7. The van der Waals surface area contributed by atoms with Crippen LogP contribution in [0.2, 0.25) is 0 Å². The standard InChI is InChI=1S/C11H15NO3/c1-8-4-3-5-9(6-8)11(14)12-10(13)7-15-2/h3-6,10,13H,7H2,1-2H3,(H,12,14). The Morgan fingerprint density at radius 3 is 2.93 bits per heavy atom. The minimum Gasteiger partial charge on any atom is -0.380 e. The van der Waals surface area contributed by atoms with Crippen LogP contribution in [0.3, 0.4) is 0 Å². The Balaban J connectivity index is 2.61. The molecular weight excluding hydrogens is 194 g/mol. The van der Waals surface area contributed by atoms with E-state index in [9.17, 15) is 9.90 Å². The van der Waals surface area contributed by atoms with Crippen molar-refractivity contribution >= 4 is 5.91 Å². The van der Waals surface area contributed by atoms with Gasteiger partial charge in [-0.05, 0) is 19.1 Å².